The summed E-state index contributed by atoms with van der Waals surface area (Å²) in [5, 5.41) is 14.2. The number of tetrazole rings is 1. The van der Waals surface area contributed by atoms with Crippen LogP contribution in [0.15, 0.2) is 24.3 Å². The maximum atomic E-state index is 12.7. The van der Waals surface area contributed by atoms with Crippen LogP contribution in [0.25, 0.3) is 0 Å². The van der Waals surface area contributed by atoms with Crippen molar-refractivity contribution in [1.29, 1.82) is 0 Å². The third-order valence-electron chi connectivity index (χ3n) is 4.67. The average Bonchev–Trinajstić information content (AvgIpc) is 3.16. The van der Waals surface area contributed by atoms with Crippen LogP contribution in [0.3, 0.4) is 0 Å². The van der Waals surface area contributed by atoms with E-state index >= 15 is 0 Å². The molecule has 1 amide bonds. The zero-order valence-electron chi connectivity index (χ0n) is 14.1. The number of H-pyrrole nitrogens is 1. The molecule has 2 atom stereocenters. The summed E-state index contributed by atoms with van der Waals surface area (Å²) in [5.74, 6) is 2.07. The van der Waals surface area contributed by atoms with Crippen molar-refractivity contribution in [2.75, 3.05) is 20.2 Å². The van der Waals surface area contributed by atoms with Crippen LogP contribution in [0, 0.1) is 0 Å². The molecular formula is C17H23N5O2. The number of nitrogens with one attached hydrogen (secondary N) is 1. The van der Waals surface area contributed by atoms with Crippen LogP contribution in [0.1, 0.15) is 49.4 Å². The van der Waals surface area contributed by atoms with Crippen molar-refractivity contribution in [1.82, 2.24) is 25.5 Å². The van der Waals surface area contributed by atoms with Gasteiger partial charge in [-0.05, 0) is 36.5 Å². The van der Waals surface area contributed by atoms with E-state index < -0.39 is 0 Å². The Bertz CT molecular complexity index is 656. The van der Waals surface area contributed by atoms with Crippen molar-refractivity contribution in [3.05, 3.63) is 35.7 Å². The molecule has 1 fully saturated rings. The predicted octanol–water partition coefficient (Wildman–Crippen LogP) is 2.11. The fourth-order valence-electron chi connectivity index (χ4n) is 3.20. The molecule has 24 heavy (non-hydrogen) atoms. The lowest BCUT2D eigenvalue weighted by atomic mass is 9.94. The minimum atomic E-state index is 0.175. The Hall–Kier alpha value is -2.44. The number of carbonyl (C=O) groups is 1. The van der Waals surface area contributed by atoms with Crippen LogP contribution in [0.2, 0.25) is 0 Å². The van der Waals surface area contributed by atoms with Gasteiger partial charge in [-0.25, -0.2) is 0 Å². The smallest absolute Gasteiger partial charge is 0.223 e. The Morgan fingerprint density at radius 2 is 2.21 bits per heavy atom. The molecule has 0 saturated carbocycles. The Labute approximate surface area is 141 Å². The zero-order valence-corrected chi connectivity index (χ0v) is 14.1. The number of piperidine rings is 1. The number of ether oxygens (including phenoxy) is 1. The van der Waals surface area contributed by atoms with Crippen LogP contribution in [0.4, 0.5) is 0 Å². The molecule has 2 heterocycles. The van der Waals surface area contributed by atoms with E-state index in [9.17, 15) is 4.79 Å². The second kappa shape index (κ2) is 7.42. The minimum Gasteiger partial charge on any atom is -0.497 e. The molecule has 1 aromatic heterocycles. The molecule has 7 nitrogen and oxygen atoms in total. The van der Waals surface area contributed by atoms with Gasteiger partial charge < -0.3 is 9.64 Å². The van der Waals surface area contributed by atoms with Gasteiger partial charge >= 0.3 is 0 Å². The number of carbonyl (C=O) groups excluding carboxylic acids is 1. The van der Waals surface area contributed by atoms with E-state index in [4.69, 9.17) is 4.74 Å². The lowest BCUT2D eigenvalue weighted by molar-refractivity contribution is -0.132. The molecule has 128 valence electrons. The van der Waals surface area contributed by atoms with Crippen LogP contribution >= 0.6 is 0 Å². The Kier molecular flexibility index (Phi) is 5.08. The number of likely N-dealkylation sites (tertiary alicyclic amines) is 1. The maximum Gasteiger partial charge on any atom is 0.223 e. The number of methoxy groups -OCH3 is 1. The van der Waals surface area contributed by atoms with Crippen molar-refractivity contribution >= 4 is 5.91 Å². The summed E-state index contributed by atoms with van der Waals surface area (Å²) >= 11 is 0. The van der Waals surface area contributed by atoms with Crippen molar-refractivity contribution in [3.63, 3.8) is 0 Å². The standard InChI is InChI=1S/C17H23N5O2/c1-12(13-5-7-15(24-2)8-6-13)10-16(23)22-9-3-4-14(11-22)17-18-20-21-19-17/h5-8,12,14H,3-4,9-11H2,1-2H3,(H,18,19,20,21)/t12-,14-/m0/s1. The number of aromatic nitrogens is 4. The molecule has 0 spiro atoms. The average molecular weight is 329 g/mol. The maximum absolute atomic E-state index is 12.7. The van der Waals surface area contributed by atoms with Crippen molar-refractivity contribution in [2.24, 2.45) is 0 Å². The molecule has 3 rings (SSSR count). The topological polar surface area (TPSA) is 84.0 Å². The van der Waals surface area contributed by atoms with Gasteiger partial charge in [-0.2, -0.15) is 5.21 Å². The number of aromatic amines is 1. The molecule has 0 unspecified atom stereocenters. The van der Waals surface area contributed by atoms with E-state index in [0.717, 1.165) is 30.7 Å². The molecule has 1 aliphatic heterocycles. The SMILES string of the molecule is COc1ccc([C@@H](C)CC(=O)N2CCC[C@H](c3nn[nH]n3)C2)cc1. The van der Waals surface area contributed by atoms with Gasteiger partial charge in [0, 0.05) is 25.4 Å². The number of nitrogens with zero attached hydrogens (tertiary/aromatic N) is 4. The van der Waals surface area contributed by atoms with E-state index in [1.807, 2.05) is 29.2 Å². The predicted molar refractivity (Wildman–Crippen MR) is 88.8 cm³/mol. The first-order valence-corrected chi connectivity index (χ1v) is 8.32. The quantitative estimate of drug-likeness (QED) is 0.908. The van der Waals surface area contributed by atoms with Crippen LogP contribution in [-0.2, 0) is 4.79 Å². The molecule has 7 heteroatoms. The van der Waals surface area contributed by atoms with E-state index in [2.05, 4.69) is 27.5 Å². The zero-order chi connectivity index (χ0) is 16.9. The molecule has 1 aliphatic rings. The largest absolute Gasteiger partial charge is 0.497 e. The number of hydrogen-bond acceptors (Lipinski definition) is 5. The van der Waals surface area contributed by atoms with Gasteiger partial charge in [-0.1, -0.05) is 24.3 Å². The molecule has 1 N–H and O–H groups in total. The number of amides is 1. The summed E-state index contributed by atoms with van der Waals surface area (Å²) in [6.45, 7) is 3.57. The molecule has 0 bridgehead atoms. The highest BCUT2D eigenvalue weighted by atomic mass is 16.5. The lowest BCUT2D eigenvalue weighted by Gasteiger charge is -2.32. The van der Waals surface area contributed by atoms with E-state index in [0.29, 0.717) is 18.8 Å². The third-order valence-corrected chi connectivity index (χ3v) is 4.67. The highest BCUT2D eigenvalue weighted by Crippen LogP contribution is 2.27. The highest BCUT2D eigenvalue weighted by Gasteiger charge is 2.27. The van der Waals surface area contributed by atoms with Crippen LogP contribution in [0.5, 0.6) is 5.75 Å². The summed E-state index contributed by atoms with van der Waals surface area (Å²) in [6, 6.07) is 7.91. The lowest BCUT2D eigenvalue weighted by Crippen LogP contribution is -2.39. The van der Waals surface area contributed by atoms with Crippen molar-refractivity contribution in [2.45, 2.75) is 38.0 Å². The fourth-order valence-corrected chi connectivity index (χ4v) is 3.20. The number of hydrogen-bond donors (Lipinski definition) is 1. The third kappa shape index (κ3) is 3.72. The Morgan fingerprint density at radius 3 is 2.88 bits per heavy atom. The van der Waals surface area contributed by atoms with Gasteiger partial charge in [0.15, 0.2) is 5.82 Å². The fraction of sp³-hybridized carbons (Fsp3) is 0.529. The van der Waals surface area contributed by atoms with Crippen molar-refractivity contribution in [3.8, 4) is 5.75 Å². The van der Waals surface area contributed by atoms with E-state index in [1.165, 1.54) is 0 Å². The number of rotatable bonds is 5. The Morgan fingerprint density at radius 1 is 1.42 bits per heavy atom. The van der Waals surface area contributed by atoms with E-state index in [1.54, 1.807) is 7.11 Å². The van der Waals surface area contributed by atoms with Crippen LogP contribution in [-0.4, -0.2) is 51.6 Å². The first-order valence-electron chi connectivity index (χ1n) is 8.32. The second-order valence-corrected chi connectivity index (χ2v) is 6.33. The molecular weight excluding hydrogens is 306 g/mol. The minimum absolute atomic E-state index is 0.175. The summed E-state index contributed by atoms with van der Waals surface area (Å²) in [6.07, 6.45) is 2.48. The van der Waals surface area contributed by atoms with Gasteiger partial charge in [0.05, 0.1) is 7.11 Å². The van der Waals surface area contributed by atoms with E-state index in [-0.39, 0.29) is 17.7 Å². The van der Waals surface area contributed by atoms with Gasteiger partial charge in [0.1, 0.15) is 5.75 Å². The number of benzene rings is 1. The van der Waals surface area contributed by atoms with Crippen molar-refractivity contribution < 1.29 is 9.53 Å². The van der Waals surface area contributed by atoms with Gasteiger partial charge in [-0.3, -0.25) is 4.79 Å². The van der Waals surface area contributed by atoms with Gasteiger partial charge in [0.2, 0.25) is 5.91 Å². The molecule has 0 radical (unpaired) electrons. The molecule has 1 aromatic carbocycles. The summed E-state index contributed by atoms with van der Waals surface area (Å²) in [4.78, 5) is 14.6. The van der Waals surface area contributed by atoms with Crippen LogP contribution < -0.4 is 4.74 Å². The second-order valence-electron chi connectivity index (χ2n) is 6.33. The Balaban J connectivity index is 1.59. The molecule has 2 aromatic rings. The van der Waals surface area contributed by atoms with Gasteiger partial charge in [0.25, 0.3) is 0 Å². The first-order chi connectivity index (χ1) is 11.7. The molecule has 1 saturated heterocycles. The normalized spacial score (nSPS) is 19.1. The first kappa shape index (κ1) is 16.4. The summed E-state index contributed by atoms with van der Waals surface area (Å²) in [7, 11) is 1.65. The summed E-state index contributed by atoms with van der Waals surface area (Å²) < 4.78 is 5.18. The highest BCUT2D eigenvalue weighted by molar-refractivity contribution is 5.77. The molecule has 0 aliphatic carbocycles. The van der Waals surface area contributed by atoms with Gasteiger partial charge in [-0.15, -0.1) is 10.2 Å². The summed E-state index contributed by atoms with van der Waals surface area (Å²) in [5.41, 5.74) is 1.15. The monoisotopic (exact) mass is 329 g/mol.